The first-order valence-electron chi connectivity index (χ1n) is 10.8. The van der Waals surface area contributed by atoms with Crippen LogP contribution in [0.15, 0.2) is 72.8 Å². The molecule has 1 fully saturated rings. The van der Waals surface area contributed by atoms with Gasteiger partial charge in [0.2, 0.25) is 0 Å². The molecule has 0 bridgehead atoms. The minimum atomic E-state index is -0.658. The number of nitrogens with zero attached hydrogens (tertiary/aromatic N) is 1. The van der Waals surface area contributed by atoms with Crippen LogP contribution in [0.3, 0.4) is 0 Å². The zero-order chi connectivity index (χ0) is 22.7. The number of benzene rings is 3. The third-order valence-corrected chi connectivity index (χ3v) is 6.47. The number of phenols is 2. The van der Waals surface area contributed by atoms with Gasteiger partial charge in [0.25, 0.3) is 0 Å². The number of aliphatic hydroxyl groups is 1. The fourth-order valence-electron chi connectivity index (χ4n) is 4.55. The molecule has 3 atom stereocenters. The molecular weight excluding hydrogens is 425 g/mol. The molecule has 0 saturated carbocycles. The van der Waals surface area contributed by atoms with Crippen LogP contribution in [0.5, 0.6) is 11.5 Å². The number of aliphatic hydroxyl groups excluding tert-OH is 1. The number of halogens is 1. The van der Waals surface area contributed by atoms with Gasteiger partial charge in [-0.3, -0.25) is 0 Å². The van der Waals surface area contributed by atoms with Crippen LogP contribution >= 0.6 is 12.2 Å². The van der Waals surface area contributed by atoms with Gasteiger partial charge in [0, 0.05) is 23.7 Å². The molecule has 6 heteroatoms. The highest BCUT2D eigenvalue weighted by atomic mass is 32.1. The van der Waals surface area contributed by atoms with Crippen molar-refractivity contribution in [3.05, 3.63) is 89.7 Å². The lowest BCUT2D eigenvalue weighted by Gasteiger charge is -2.30. The maximum atomic E-state index is 13.1. The van der Waals surface area contributed by atoms with Gasteiger partial charge in [-0.15, -0.1) is 0 Å². The molecule has 32 heavy (non-hydrogen) atoms. The number of hydrogen-bond donors (Lipinski definition) is 3. The van der Waals surface area contributed by atoms with Crippen molar-refractivity contribution in [1.82, 2.24) is 0 Å². The zero-order valence-electron chi connectivity index (χ0n) is 17.6. The molecule has 0 unspecified atom stereocenters. The normalized spacial score (nSPS) is 19.3. The largest absolute Gasteiger partial charge is 0.508 e. The molecule has 1 saturated heterocycles. The summed E-state index contributed by atoms with van der Waals surface area (Å²) >= 11 is 5.75. The molecule has 4 rings (SSSR count). The Balaban J connectivity index is 1.54. The highest BCUT2D eigenvalue weighted by Crippen LogP contribution is 2.47. The standard InChI is InChI=1S/C26H26FNO3S/c27-19-11-9-17(10-12-19)23(30)8-4-5-18-15-25(32)28(20-6-2-1-3-7-20)26(18)22-14-13-21(29)16-24(22)31/h1-3,6-7,9-14,16,18,23,26,29-31H,4-5,8,15H2/t18-,23+,26-/m0/s1. The molecule has 0 aliphatic carbocycles. The Morgan fingerprint density at radius 3 is 2.41 bits per heavy atom. The lowest BCUT2D eigenvalue weighted by molar-refractivity contribution is 0.160. The third-order valence-electron chi connectivity index (χ3n) is 6.10. The van der Waals surface area contributed by atoms with E-state index in [1.54, 1.807) is 24.3 Å². The van der Waals surface area contributed by atoms with E-state index in [0.717, 1.165) is 29.1 Å². The Morgan fingerprint density at radius 2 is 1.72 bits per heavy atom. The van der Waals surface area contributed by atoms with Crippen LogP contribution in [0.2, 0.25) is 0 Å². The average Bonchev–Trinajstić information content (AvgIpc) is 3.10. The summed E-state index contributed by atoms with van der Waals surface area (Å²) in [4.78, 5) is 2.89. The number of thiocarbonyl (C=S) groups is 1. The van der Waals surface area contributed by atoms with Crippen molar-refractivity contribution in [2.24, 2.45) is 5.92 Å². The number of rotatable bonds is 7. The molecule has 3 aromatic carbocycles. The van der Waals surface area contributed by atoms with Crippen molar-refractivity contribution in [3.63, 3.8) is 0 Å². The number of hydrogen-bond acceptors (Lipinski definition) is 4. The summed E-state index contributed by atoms with van der Waals surface area (Å²) in [5.41, 5.74) is 2.38. The SMILES string of the molecule is Oc1ccc([C@@H]2[C@@H](CCC[C@@H](O)c3ccc(F)cc3)CC(=S)N2c2ccccc2)c(O)c1. The highest BCUT2D eigenvalue weighted by molar-refractivity contribution is 7.80. The predicted octanol–water partition coefficient (Wildman–Crippen LogP) is 6.04. The van der Waals surface area contributed by atoms with E-state index in [-0.39, 0.29) is 29.3 Å². The van der Waals surface area contributed by atoms with Gasteiger partial charge < -0.3 is 20.2 Å². The van der Waals surface area contributed by atoms with E-state index in [0.29, 0.717) is 18.4 Å². The summed E-state index contributed by atoms with van der Waals surface area (Å²) in [5, 5.41) is 30.9. The topological polar surface area (TPSA) is 63.9 Å². The monoisotopic (exact) mass is 451 g/mol. The van der Waals surface area contributed by atoms with Gasteiger partial charge in [0.05, 0.1) is 17.1 Å². The molecule has 1 aliphatic heterocycles. The van der Waals surface area contributed by atoms with Crippen molar-refractivity contribution >= 4 is 22.9 Å². The first kappa shape index (κ1) is 22.2. The Hall–Kier alpha value is -2.96. The van der Waals surface area contributed by atoms with E-state index in [1.807, 2.05) is 30.3 Å². The first-order chi connectivity index (χ1) is 15.4. The minimum absolute atomic E-state index is 0.0112. The Bertz CT molecular complexity index is 1070. The number of aromatic hydroxyl groups is 2. The molecule has 0 radical (unpaired) electrons. The van der Waals surface area contributed by atoms with Crippen LogP contribution in [0.1, 0.15) is 49.0 Å². The van der Waals surface area contributed by atoms with Gasteiger partial charge in [-0.05, 0) is 60.7 Å². The lowest BCUT2D eigenvalue weighted by Crippen LogP contribution is -2.28. The summed E-state index contributed by atoms with van der Waals surface area (Å²) < 4.78 is 13.1. The summed E-state index contributed by atoms with van der Waals surface area (Å²) in [5.74, 6) is -0.134. The van der Waals surface area contributed by atoms with Gasteiger partial charge in [-0.1, -0.05) is 49.0 Å². The molecule has 4 nitrogen and oxygen atoms in total. The molecule has 1 aliphatic rings. The summed E-state index contributed by atoms with van der Waals surface area (Å²) in [6.07, 6.45) is 2.14. The number of para-hydroxylation sites is 1. The van der Waals surface area contributed by atoms with Crippen LogP contribution in [-0.4, -0.2) is 20.3 Å². The molecule has 0 aromatic heterocycles. The molecule has 3 N–H and O–H groups in total. The van der Waals surface area contributed by atoms with Crippen LogP contribution in [0.25, 0.3) is 0 Å². The fourth-order valence-corrected chi connectivity index (χ4v) is 4.99. The molecule has 3 aromatic rings. The van der Waals surface area contributed by atoms with E-state index in [1.165, 1.54) is 18.2 Å². The van der Waals surface area contributed by atoms with Gasteiger partial charge in [-0.2, -0.15) is 0 Å². The highest BCUT2D eigenvalue weighted by Gasteiger charge is 2.40. The Labute approximate surface area is 192 Å². The maximum absolute atomic E-state index is 13.1. The van der Waals surface area contributed by atoms with Gasteiger partial charge in [-0.25, -0.2) is 4.39 Å². The molecule has 0 amide bonds. The van der Waals surface area contributed by atoms with Crippen molar-refractivity contribution < 1.29 is 19.7 Å². The van der Waals surface area contributed by atoms with Crippen LogP contribution < -0.4 is 4.90 Å². The van der Waals surface area contributed by atoms with Crippen molar-refractivity contribution in [1.29, 1.82) is 0 Å². The predicted molar refractivity (Wildman–Crippen MR) is 127 cm³/mol. The number of anilines is 1. The third kappa shape index (κ3) is 4.76. The first-order valence-corrected chi connectivity index (χ1v) is 11.2. The summed E-state index contributed by atoms with van der Waals surface area (Å²) in [6, 6.07) is 20.3. The second-order valence-electron chi connectivity index (χ2n) is 8.25. The second kappa shape index (κ2) is 9.67. The number of phenolic OH excluding ortho intramolecular Hbond substituents is 2. The smallest absolute Gasteiger partial charge is 0.124 e. The van der Waals surface area contributed by atoms with E-state index >= 15 is 0 Å². The van der Waals surface area contributed by atoms with E-state index in [9.17, 15) is 19.7 Å². The molecule has 0 spiro atoms. The van der Waals surface area contributed by atoms with Gasteiger partial charge in [0.1, 0.15) is 17.3 Å². The maximum Gasteiger partial charge on any atom is 0.124 e. The van der Waals surface area contributed by atoms with Crippen molar-refractivity contribution in [3.8, 4) is 11.5 Å². The Kier molecular flexibility index (Phi) is 6.72. The van der Waals surface area contributed by atoms with Crippen LogP contribution in [0, 0.1) is 11.7 Å². The van der Waals surface area contributed by atoms with Gasteiger partial charge >= 0.3 is 0 Å². The van der Waals surface area contributed by atoms with E-state index < -0.39 is 6.10 Å². The van der Waals surface area contributed by atoms with Crippen molar-refractivity contribution in [2.75, 3.05) is 4.90 Å². The second-order valence-corrected chi connectivity index (χ2v) is 8.72. The molecular formula is C26H26FNO3S. The summed E-state index contributed by atoms with van der Waals surface area (Å²) in [7, 11) is 0. The van der Waals surface area contributed by atoms with Crippen LogP contribution in [-0.2, 0) is 0 Å². The average molecular weight is 452 g/mol. The van der Waals surface area contributed by atoms with Gasteiger partial charge in [0.15, 0.2) is 0 Å². The van der Waals surface area contributed by atoms with Crippen molar-refractivity contribution in [2.45, 2.75) is 37.8 Å². The van der Waals surface area contributed by atoms with E-state index in [2.05, 4.69) is 4.90 Å². The fraction of sp³-hybridized carbons (Fsp3) is 0.269. The van der Waals surface area contributed by atoms with E-state index in [4.69, 9.17) is 12.2 Å². The molecule has 166 valence electrons. The lowest BCUT2D eigenvalue weighted by atomic mass is 9.88. The van der Waals surface area contributed by atoms with Crippen LogP contribution in [0.4, 0.5) is 10.1 Å². The minimum Gasteiger partial charge on any atom is -0.508 e. The zero-order valence-corrected chi connectivity index (χ0v) is 18.4. The Morgan fingerprint density at radius 1 is 1.00 bits per heavy atom. The molecule has 1 heterocycles. The summed E-state index contributed by atoms with van der Waals surface area (Å²) in [6.45, 7) is 0. The quantitative estimate of drug-likeness (QED) is 0.383.